The van der Waals surface area contributed by atoms with Crippen LogP contribution >= 0.6 is 0 Å². The van der Waals surface area contributed by atoms with E-state index < -0.39 is 0 Å². The van der Waals surface area contributed by atoms with Crippen molar-refractivity contribution in [2.24, 2.45) is 0 Å². The highest BCUT2D eigenvalue weighted by molar-refractivity contribution is 5.78. The number of nitrogens with one attached hydrogen (secondary N) is 1. The Morgan fingerprint density at radius 1 is 1.21 bits per heavy atom. The number of nitrogens with zero attached hydrogens (tertiary/aromatic N) is 1. The summed E-state index contributed by atoms with van der Waals surface area (Å²) in [6.07, 6.45) is 9.40. The van der Waals surface area contributed by atoms with Gasteiger partial charge in [-0.25, -0.2) is 0 Å². The summed E-state index contributed by atoms with van der Waals surface area (Å²) in [6.45, 7) is 2.02. The maximum atomic E-state index is 4.34. The van der Waals surface area contributed by atoms with Crippen molar-refractivity contribution in [1.82, 2.24) is 10.3 Å². The number of hydrogen-bond acceptors (Lipinski definition) is 2. The number of fused-ring (bicyclic) bond motifs is 1. The molecule has 1 N–H and O–H groups in total. The van der Waals surface area contributed by atoms with E-state index >= 15 is 0 Å². The van der Waals surface area contributed by atoms with Crippen molar-refractivity contribution in [3.8, 4) is 0 Å². The van der Waals surface area contributed by atoms with Crippen LogP contribution in [0.3, 0.4) is 0 Å². The number of hydrogen-bond donors (Lipinski definition) is 1. The molecular formula is C17H20N2. The predicted octanol–water partition coefficient (Wildman–Crippen LogP) is 3.82. The zero-order chi connectivity index (χ0) is 12.9. The number of benzene rings is 1. The van der Waals surface area contributed by atoms with Crippen LogP contribution in [0.1, 0.15) is 31.2 Å². The van der Waals surface area contributed by atoms with Crippen LogP contribution < -0.4 is 5.32 Å². The van der Waals surface area contributed by atoms with Crippen molar-refractivity contribution < 1.29 is 0 Å². The molecule has 0 amide bonds. The lowest BCUT2D eigenvalue weighted by atomic mass is 10.1. The van der Waals surface area contributed by atoms with Crippen LogP contribution in [0.5, 0.6) is 0 Å². The molecule has 0 unspecified atom stereocenters. The Labute approximate surface area is 114 Å². The van der Waals surface area contributed by atoms with E-state index in [1.807, 2.05) is 12.3 Å². The third-order valence-electron chi connectivity index (χ3n) is 3.75. The third kappa shape index (κ3) is 3.21. The van der Waals surface area contributed by atoms with Crippen LogP contribution in [0, 0.1) is 0 Å². The van der Waals surface area contributed by atoms with Crippen molar-refractivity contribution in [2.75, 3.05) is 6.54 Å². The molecule has 1 aromatic carbocycles. The Balaban J connectivity index is 1.53. The normalized spacial score (nSPS) is 14.8. The molecule has 1 aliphatic carbocycles. The largest absolute Gasteiger partial charge is 0.312 e. The second kappa shape index (κ2) is 5.98. The van der Waals surface area contributed by atoms with Crippen LogP contribution in [0.4, 0.5) is 0 Å². The molecule has 0 bridgehead atoms. The lowest BCUT2D eigenvalue weighted by molar-refractivity contribution is 0.676. The molecular weight excluding hydrogens is 232 g/mol. The summed E-state index contributed by atoms with van der Waals surface area (Å²) in [5.74, 6) is 0. The molecule has 2 nitrogen and oxygen atoms in total. The van der Waals surface area contributed by atoms with Crippen LogP contribution in [0.2, 0.25) is 0 Å². The molecule has 0 saturated heterocycles. The molecule has 98 valence electrons. The number of pyridine rings is 1. The molecule has 0 saturated carbocycles. The smallest absolute Gasteiger partial charge is 0.0702 e. The fourth-order valence-corrected chi connectivity index (χ4v) is 2.68. The Hall–Kier alpha value is -1.67. The average molecular weight is 252 g/mol. The zero-order valence-electron chi connectivity index (χ0n) is 11.2. The Morgan fingerprint density at radius 2 is 2.21 bits per heavy atom. The van der Waals surface area contributed by atoms with Crippen LogP contribution in [-0.2, 0) is 6.54 Å². The topological polar surface area (TPSA) is 24.9 Å². The van der Waals surface area contributed by atoms with Crippen molar-refractivity contribution in [2.45, 2.75) is 32.2 Å². The average Bonchev–Trinajstić information content (AvgIpc) is 2.97. The SMILES string of the molecule is C1=C(CCNCc2ccc3ncccc3c2)CCC1. The van der Waals surface area contributed by atoms with Crippen molar-refractivity contribution >= 4 is 10.9 Å². The second-order valence-electron chi connectivity index (χ2n) is 5.21. The van der Waals surface area contributed by atoms with Gasteiger partial charge in [-0.05, 0) is 56.0 Å². The van der Waals surface area contributed by atoms with Crippen LogP contribution in [0.25, 0.3) is 10.9 Å². The highest BCUT2D eigenvalue weighted by Crippen LogP contribution is 2.19. The van der Waals surface area contributed by atoms with Gasteiger partial charge in [0.15, 0.2) is 0 Å². The second-order valence-corrected chi connectivity index (χ2v) is 5.21. The molecule has 0 spiro atoms. The van der Waals surface area contributed by atoms with Gasteiger partial charge in [-0.2, -0.15) is 0 Å². The summed E-state index contributed by atoms with van der Waals surface area (Å²) in [4.78, 5) is 4.34. The minimum Gasteiger partial charge on any atom is -0.312 e. The Morgan fingerprint density at radius 3 is 3.11 bits per heavy atom. The van der Waals surface area contributed by atoms with Crippen molar-refractivity contribution in [3.63, 3.8) is 0 Å². The predicted molar refractivity (Wildman–Crippen MR) is 80.0 cm³/mol. The highest BCUT2D eigenvalue weighted by Gasteiger charge is 2.03. The highest BCUT2D eigenvalue weighted by atomic mass is 14.8. The van der Waals surface area contributed by atoms with E-state index in [-0.39, 0.29) is 0 Å². The van der Waals surface area contributed by atoms with Crippen LogP contribution in [-0.4, -0.2) is 11.5 Å². The lowest BCUT2D eigenvalue weighted by Gasteiger charge is -2.06. The maximum Gasteiger partial charge on any atom is 0.0702 e. The summed E-state index contributed by atoms with van der Waals surface area (Å²) in [7, 11) is 0. The van der Waals surface area contributed by atoms with Crippen molar-refractivity contribution in [3.05, 3.63) is 53.7 Å². The van der Waals surface area contributed by atoms with E-state index in [0.717, 1.165) is 18.6 Å². The summed E-state index contributed by atoms with van der Waals surface area (Å²) in [5.41, 5.74) is 4.04. The number of allylic oxidation sites excluding steroid dienone is 1. The van der Waals surface area contributed by atoms with Gasteiger partial charge in [0.2, 0.25) is 0 Å². The van der Waals surface area contributed by atoms with Crippen LogP contribution in [0.15, 0.2) is 48.2 Å². The first-order chi connectivity index (χ1) is 9.42. The van der Waals surface area contributed by atoms with Gasteiger partial charge in [0.05, 0.1) is 5.52 Å². The molecule has 19 heavy (non-hydrogen) atoms. The molecule has 0 radical (unpaired) electrons. The third-order valence-corrected chi connectivity index (χ3v) is 3.75. The first-order valence-electron chi connectivity index (χ1n) is 7.14. The first kappa shape index (κ1) is 12.4. The van der Waals surface area contributed by atoms with E-state index in [9.17, 15) is 0 Å². The van der Waals surface area contributed by atoms with Gasteiger partial charge in [-0.3, -0.25) is 4.98 Å². The zero-order valence-corrected chi connectivity index (χ0v) is 11.2. The Kier molecular flexibility index (Phi) is 3.89. The molecule has 0 fully saturated rings. The lowest BCUT2D eigenvalue weighted by Crippen LogP contribution is -2.15. The molecule has 2 aromatic rings. The number of aromatic nitrogens is 1. The van der Waals surface area contributed by atoms with Gasteiger partial charge in [-0.15, -0.1) is 0 Å². The fraction of sp³-hybridized carbons (Fsp3) is 0.353. The Bertz CT molecular complexity index is 587. The molecule has 3 rings (SSSR count). The number of rotatable bonds is 5. The van der Waals surface area contributed by atoms with E-state index in [4.69, 9.17) is 0 Å². The van der Waals surface area contributed by atoms with Crippen molar-refractivity contribution in [1.29, 1.82) is 0 Å². The quantitative estimate of drug-likeness (QED) is 0.646. The maximum absolute atomic E-state index is 4.34. The molecule has 0 aliphatic heterocycles. The summed E-state index contributed by atoms with van der Waals surface area (Å²) in [5, 5.41) is 4.75. The standard InChI is InChI=1S/C17H20N2/c1-2-5-14(4-1)9-11-18-13-15-7-8-17-16(12-15)6-3-10-19-17/h3-4,6-8,10,12,18H,1-2,5,9,11,13H2. The molecule has 1 aliphatic rings. The van der Waals surface area contributed by atoms with E-state index in [1.165, 1.54) is 36.6 Å². The fourth-order valence-electron chi connectivity index (χ4n) is 2.68. The van der Waals surface area contributed by atoms with E-state index in [2.05, 4.69) is 40.6 Å². The summed E-state index contributed by atoms with van der Waals surface area (Å²) >= 11 is 0. The first-order valence-corrected chi connectivity index (χ1v) is 7.14. The summed E-state index contributed by atoms with van der Waals surface area (Å²) in [6, 6.07) is 10.6. The van der Waals surface area contributed by atoms with Gasteiger partial charge in [0, 0.05) is 18.1 Å². The van der Waals surface area contributed by atoms with Gasteiger partial charge in [-0.1, -0.05) is 23.8 Å². The van der Waals surface area contributed by atoms with E-state index in [1.54, 1.807) is 5.57 Å². The van der Waals surface area contributed by atoms with Gasteiger partial charge < -0.3 is 5.32 Å². The van der Waals surface area contributed by atoms with E-state index in [0.29, 0.717) is 0 Å². The monoisotopic (exact) mass is 252 g/mol. The van der Waals surface area contributed by atoms with Gasteiger partial charge in [0.1, 0.15) is 0 Å². The molecule has 0 atom stereocenters. The molecule has 1 heterocycles. The minimum atomic E-state index is 0.943. The minimum absolute atomic E-state index is 0.943. The van der Waals surface area contributed by atoms with Gasteiger partial charge >= 0.3 is 0 Å². The molecule has 2 heteroatoms. The van der Waals surface area contributed by atoms with Gasteiger partial charge in [0.25, 0.3) is 0 Å². The molecule has 1 aromatic heterocycles. The summed E-state index contributed by atoms with van der Waals surface area (Å²) < 4.78 is 0.